The molecule has 0 fully saturated rings. The van der Waals surface area contributed by atoms with Crippen molar-refractivity contribution < 1.29 is 31.9 Å². The van der Waals surface area contributed by atoms with E-state index in [4.69, 9.17) is 9.47 Å². The Kier molecular flexibility index (Phi) is 7.69. The highest BCUT2D eigenvalue weighted by atomic mass is 32.2. The predicted octanol–water partition coefficient (Wildman–Crippen LogP) is 3.11. The van der Waals surface area contributed by atoms with Gasteiger partial charge in [-0.3, -0.25) is 25.2 Å². The molecule has 0 aliphatic rings. The van der Waals surface area contributed by atoms with Gasteiger partial charge in [-0.1, -0.05) is 12.1 Å². The minimum Gasteiger partial charge on any atom is -0.493 e. The van der Waals surface area contributed by atoms with Crippen LogP contribution in [0.5, 0.6) is 11.5 Å². The molecule has 11 heteroatoms. The SMILES string of the molecule is CCOc1ccc(C(=O)NNC(=O)c2ccccc2NS(=O)(=O)c2ccc(F)cc2)cc1OC. The molecule has 0 radical (unpaired) electrons. The van der Waals surface area contributed by atoms with Gasteiger partial charge in [-0.05, 0) is 61.5 Å². The Labute approximate surface area is 195 Å². The van der Waals surface area contributed by atoms with E-state index >= 15 is 0 Å². The van der Waals surface area contributed by atoms with Gasteiger partial charge in [0, 0.05) is 5.56 Å². The lowest BCUT2D eigenvalue weighted by atomic mass is 10.2. The highest BCUT2D eigenvalue weighted by Crippen LogP contribution is 2.28. The molecule has 3 aromatic rings. The molecule has 9 nitrogen and oxygen atoms in total. The fourth-order valence-corrected chi connectivity index (χ4v) is 4.00. The van der Waals surface area contributed by atoms with E-state index in [1.54, 1.807) is 6.07 Å². The van der Waals surface area contributed by atoms with Crippen molar-refractivity contribution in [3.63, 3.8) is 0 Å². The average molecular weight is 488 g/mol. The molecule has 0 aliphatic heterocycles. The number of nitrogens with one attached hydrogen (secondary N) is 3. The molecule has 0 aromatic heterocycles. The van der Waals surface area contributed by atoms with E-state index in [0.29, 0.717) is 18.1 Å². The second-order valence-corrected chi connectivity index (χ2v) is 8.49. The molecule has 2 amide bonds. The summed E-state index contributed by atoms with van der Waals surface area (Å²) in [7, 11) is -2.65. The number of halogens is 1. The van der Waals surface area contributed by atoms with Gasteiger partial charge < -0.3 is 9.47 Å². The molecule has 3 N–H and O–H groups in total. The number of benzene rings is 3. The van der Waals surface area contributed by atoms with E-state index in [-0.39, 0.29) is 21.7 Å². The summed E-state index contributed by atoms with van der Waals surface area (Å²) < 4.78 is 51.3. The number of hydrazine groups is 1. The van der Waals surface area contributed by atoms with Crippen LogP contribution in [-0.4, -0.2) is 33.9 Å². The van der Waals surface area contributed by atoms with Gasteiger partial charge in [-0.2, -0.15) is 0 Å². The topological polar surface area (TPSA) is 123 Å². The normalized spacial score (nSPS) is 10.8. The largest absolute Gasteiger partial charge is 0.493 e. The molecular weight excluding hydrogens is 465 g/mol. The number of amides is 2. The van der Waals surface area contributed by atoms with E-state index in [2.05, 4.69) is 15.6 Å². The summed E-state index contributed by atoms with van der Waals surface area (Å²) in [6.45, 7) is 2.23. The van der Waals surface area contributed by atoms with Crippen LogP contribution in [0, 0.1) is 5.82 Å². The summed E-state index contributed by atoms with van der Waals surface area (Å²) in [6.07, 6.45) is 0. The van der Waals surface area contributed by atoms with Crippen molar-refractivity contribution in [1.82, 2.24) is 10.9 Å². The third-order valence-corrected chi connectivity index (χ3v) is 5.94. The number of methoxy groups -OCH3 is 1. The van der Waals surface area contributed by atoms with Gasteiger partial charge in [-0.25, -0.2) is 12.8 Å². The first-order chi connectivity index (χ1) is 16.2. The number of sulfonamides is 1. The monoisotopic (exact) mass is 487 g/mol. The minimum atomic E-state index is -4.09. The lowest BCUT2D eigenvalue weighted by molar-refractivity contribution is 0.0847. The molecule has 0 saturated heterocycles. The number of anilines is 1. The van der Waals surface area contributed by atoms with Crippen LogP contribution in [0.1, 0.15) is 27.6 Å². The lowest BCUT2D eigenvalue weighted by Crippen LogP contribution is -2.41. The lowest BCUT2D eigenvalue weighted by Gasteiger charge is -2.14. The first-order valence-electron chi connectivity index (χ1n) is 10.0. The molecule has 0 bridgehead atoms. The van der Waals surface area contributed by atoms with Crippen molar-refractivity contribution >= 4 is 27.5 Å². The molecular formula is C23H22FN3O6S. The Morgan fingerprint density at radius 2 is 1.59 bits per heavy atom. The maximum Gasteiger partial charge on any atom is 0.271 e. The molecule has 3 rings (SSSR count). The fraction of sp³-hybridized carbons (Fsp3) is 0.130. The van der Waals surface area contributed by atoms with Crippen LogP contribution in [0.3, 0.4) is 0 Å². The van der Waals surface area contributed by atoms with Gasteiger partial charge in [0.15, 0.2) is 11.5 Å². The van der Waals surface area contributed by atoms with E-state index in [0.717, 1.165) is 24.3 Å². The Balaban J connectivity index is 1.73. The third-order valence-electron chi connectivity index (χ3n) is 4.56. The summed E-state index contributed by atoms with van der Waals surface area (Å²) in [4.78, 5) is 25.0. The zero-order valence-corrected chi connectivity index (χ0v) is 19.1. The summed E-state index contributed by atoms with van der Waals surface area (Å²) in [5.74, 6) is -1.16. The molecule has 0 heterocycles. The fourth-order valence-electron chi connectivity index (χ4n) is 2.92. The number of carbonyl (C=O) groups is 2. The summed E-state index contributed by atoms with van der Waals surface area (Å²) >= 11 is 0. The van der Waals surface area contributed by atoms with Crippen molar-refractivity contribution in [3.05, 3.63) is 83.7 Å². The van der Waals surface area contributed by atoms with E-state index in [1.807, 2.05) is 6.92 Å². The van der Waals surface area contributed by atoms with Gasteiger partial charge in [0.1, 0.15) is 5.82 Å². The van der Waals surface area contributed by atoms with Gasteiger partial charge in [0.2, 0.25) is 0 Å². The average Bonchev–Trinajstić information content (AvgIpc) is 2.83. The second-order valence-electron chi connectivity index (χ2n) is 6.81. The molecule has 0 spiro atoms. The number of para-hydroxylation sites is 1. The summed E-state index contributed by atoms with van der Waals surface area (Å²) in [5, 5.41) is 0. The van der Waals surface area contributed by atoms with Crippen molar-refractivity contribution in [2.45, 2.75) is 11.8 Å². The minimum absolute atomic E-state index is 0.0266. The molecule has 178 valence electrons. The molecule has 34 heavy (non-hydrogen) atoms. The number of ether oxygens (including phenoxy) is 2. The zero-order valence-electron chi connectivity index (χ0n) is 18.3. The van der Waals surface area contributed by atoms with Crippen LogP contribution in [-0.2, 0) is 10.0 Å². The Hall–Kier alpha value is -4.12. The Bertz CT molecular complexity index is 1300. The van der Waals surface area contributed by atoms with Crippen LogP contribution in [0.2, 0.25) is 0 Å². The van der Waals surface area contributed by atoms with E-state index in [9.17, 15) is 22.4 Å². The van der Waals surface area contributed by atoms with Crippen molar-refractivity contribution in [1.29, 1.82) is 0 Å². The van der Waals surface area contributed by atoms with Crippen LogP contribution in [0.4, 0.5) is 10.1 Å². The molecule has 0 atom stereocenters. The van der Waals surface area contributed by atoms with Crippen molar-refractivity contribution in [2.75, 3.05) is 18.4 Å². The van der Waals surface area contributed by atoms with Gasteiger partial charge >= 0.3 is 0 Å². The first-order valence-corrected chi connectivity index (χ1v) is 11.5. The van der Waals surface area contributed by atoms with Crippen LogP contribution < -0.4 is 25.0 Å². The van der Waals surface area contributed by atoms with Gasteiger partial charge in [-0.15, -0.1) is 0 Å². The van der Waals surface area contributed by atoms with Crippen LogP contribution >= 0.6 is 0 Å². The Morgan fingerprint density at radius 3 is 2.26 bits per heavy atom. The van der Waals surface area contributed by atoms with Crippen molar-refractivity contribution in [2.24, 2.45) is 0 Å². The molecule has 0 saturated carbocycles. The van der Waals surface area contributed by atoms with E-state index in [1.165, 1.54) is 43.5 Å². The van der Waals surface area contributed by atoms with Gasteiger partial charge in [0.05, 0.1) is 29.9 Å². The van der Waals surface area contributed by atoms with Gasteiger partial charge in [0.25, 0.3) is 21.8 Å². The smallest absolute Gasteiger partial charge is 0.271 e. The van der Waals surface area contributed by atoms with E-state index < -0.39 is 27.7 Å². The number of hydrogen-bond acceptors (Lipinski definition) is 6. The second kappa shape index (κ2) is 10.7. The Morgan fingerprint density at radius 1 is 0.912 bits per heavy atom. The zero-order chi connectivity index (χ0) is 24.7. The highest BCUT2D eigenvalue weighted by Gasteiger charge is 2.19. The van der Waals surface area contributed by atoms with Crippen LogP contribution in [0.25, 0.3) is 0 Å². The standard InChI is InChI=1S/C23H22FN3O6S/c1-3-33-20-13-8-15(14-21(20)32-2)22(28)25-26-23(29)18-6-4-5-7-19(18)27-34(30,31)17-11-9-16(24)10-12-17/h4-14,27H,3H2,1-2H3,(H,25,28)(H,26,29). The maximum absolute atomic E-state index is 13.1. The molecule has 0 aliphatic carbocycles. The predicted molar refractivity (Wildman–Crippen MR) is 123 cm³/mol. The maximum atomic E-state index is 13.1. The van der Waals surface area contributed by atoms with Crippen molar-refractivity contribution in [3.8, 4) is 11.5 Å². The summed E-state index contributed by atoms with van der Waals surface area (Å²) in [5.41, 5.74) is 4.66. The van der Waals surface area contributed by atoms with Crippen LogP contribution in [0.15, 0.2) is 71.6 Å². The third kappa shape index (κ3) is 5.81. The number of hydrogen-bond donors (Lipinski definition) is 3. The number of rotatable bonds is 8. The first kappa shape index (κ1) is 24.5. The number of carbonyl (C=O) groups excluding carboxylic acids is 2. The molecule has 3 aromatic carbocycles. The summed E-state index contributed by atoms with van der Waals surface area (Å²) in [6, 6.07) is 14.6. The molecule has 0 unspecified atom stereocenters. The quantitative estimate of drug-likeness (QED) is 0.420. The highest BCUT2D eigenvalue weighted by molar-refractivity contribution is 7.92.